The van der Waals surface area contributed by atoms with Crippen LogP contribution in [-0.4, -0.2) is 18.7 Å². The van der Waals surface area contributed by atoms with Crippen LogP contribution in [0.3, 0.4) is 0 Å². The fraction of sp³-hybridized carbons (Fsp3) is 0.0476. The smallest absolute Gasteiger partial charge is 0.277 e. The van der Waals surface area contributed by atoms with Crippen molar-refractivity contribution in [2.75, 3.05) is 6.61 Å². The summed E-state index contributed by atoms with van der Waals surface area (Å²) in [6.45, 7) is -0.0886. The minimum atomic E-state index is -0.307. The van der Waals surface area contributed by atoms with Crippen molar-refractivity contribution in [1.29, 1.82) is 0 Å². The summed E-state index contributed by atoms with van der Waals surface area (Å²) in [6, 6.07) is 25.6. The number of halogens is 1. The van der Waals surface area contributed by atoms with Crippen LogP contribution in [0.2, 0.25) is 0 Å². The van der Waals surface area contributed by atoms with Gasteiger partial charge < -0.3 is 4.74 Å². The van der Waals surface area contributed by atoms with E-state index in [1.54, 1.807) is 6.21 Å². The lowest BCUT2D eigenvalue weighted by atomic mass is 10.1. The predicted molar refractivity (Wildman–Crippen MR) is 112 cm³/mol. The summed E-state index contributed by atoms with van der Waals surface area (Å²) in [7, 11) is 0. The van der Waals surface area contributed by atoms with Gasteiger partial charge in [-0.25, -0.2) is 5.43 Å². The topological polar surface area (TPSA) is 50.7 Å². The summed E-state index contributed by atoms with van der Waals surface area (Å²) in [5.41, 5.74) is 5.62. The van der Waals surface area contributed by atoms with E-state index in [0.717, 1.165) is 20.3 Å². The zero-order chi connectivity index (χ0) is 18.2. The van der Waals surface area contributed by atoms with Crippen molar-refractivity contribution in [2.24, 2.45) is 5.10 Å². The van der Waals surface area contributed by atoms with Gasteiger partial charge in [-0.15, -0.1) is 0 Å². The van der Waals surface area contributed by atoms with Crippen LogP contribution in [0, 0.1) is 3.57 Å². The third kappa shape index (κ3) is 5.42. The van der Waals surface area contributed by atoms with Gasteiger partial charge in [0, 0.05) is 3.57 Å². The summed E-state index contributed by atoms with van der Waals surface area (Å²) in [5, 5.41) is 3.93. The third-order valence-electron chi connectivity index (χ3n) is 3.60. The Labute approximate surface area is 166 Å². The first-order chi connectivity index (χ1) is 12.7. The number of hydrazone groups is 1. The summed E-state index contributed by atoms with van der Waals surface area (Å²) in [5.74, 6) is 0.334. The maximum atomic E-state index is 11.8. The number of carbonyl (C=O) groups is 1. The number of hydrogen-bond donors (Lipinski definition) is 1. The quantitative estimate of drug-likeness (QED) is 0.338. The van der Waals surface area contributed by atoms with E-state index in [1.165, 1.54) is 0 Å². The molecule has 0 unspecified atom stereocenters. The largest absolute Gasteiger partial charge is 0.484 e. The van der Waals surface area contributed by atoms with Crippen molar-refractivity contribution >= 4 is 34.7 Å². The van der Waals surface area contributed by atoms with Gasteiger partial charge in [0.15, 0.2) is 6.61 Å². The Balaban J connectivity index is 1.47. The van der Waals surface area contributed by atoms with Crippen LogP contribution in [0.5, 0.6) is 5.75 Å². The molecule has 0 aromatic heterocycles. The Morgan fingerprint density at radius 1 is 0.923 bits per heavy atom. The van der Waals surface area contributed by atoms with Gasteiger partial charge in [-0.2, -0.15) is 5.10 Å². The first-order valence-corrected chi connectivity index (χ1v) is 9.14. The maximum Gasteiger partial charge on any atom is 0.277 e. The van der Waals surface area contributed by atoms with E-state index in [2.05, 4.69) is 45.3 Å². The van der Waals surface area contributed by atoms with Crippen molar-refractivity contribution in [2.45, 2.75) is 0 Å². The second-order valence-corrected chi connectivity index (χ2v) is 6.77. The fourth-order valence-electron chi connectivity index (χ4n) is 2.28. The zero-order valence-corrected chi connectivity index (χ0v) is 16.1. The highest BCUT2D eigenvalue weighted by molar-refractivity contribution is 14.1. The van der Waals surface area contributed by atoms with E-state index in [4.69, 9.17) is 4.74 Å². The van der Waals surface area contributed by atoms with Crippen molar-refractivity contribution in [3.05, 3.63) is 88.0 Å². The normalized spacial score (nSPS) is 10.7. The Kier molecular flexibility index (Phi) is 6.38. The van der Waals surface area contributed by atoms with Gasteiger partial charge in [-0.05, 0) is 63.5 Å². The molecule has 0 aliphatic carbocycles. The molecule has 3 rings (SSSR count). The highest BCUT2D eigenvalue weighted by Crippen LogP contribution is 2.21. The molecule has 0 radical (unpaired) electrons. The molecule has 5 heteroatoms. The molecule has 0 aliphatic rings. The average molecular weight is 456 g/mol. The van der Waals surface area contributed by atoms with Crippen LogP contribution in [0.4, 0.5) is 0 Å². The van der Waals surface area contributed by atoms with Gasteiger partial charge in [0.2, 0.25) is 0 Å². The molecule has 1 amide bonds. The molecule has 3 aromatic rings. The molecule has 0 heterocycles. The molecule has 130 valence electrons. The molecule has 3 aromatic carbocycles. The predicted octanol–water partition coefficient (Wildman–Crippen LogP) is 4.49. The Morgan fingerprint density at radius 2 is 1.58 bits per heavy atom. The van der Waals surface area contributed by atoms with Crippen LogP contribution in [0.1, 0.15) is 5.56 Å². The zero-order valence-electron chi connectivity index (χ0n) is 13.9. The highest BCUT2D eigenvalue weighted by Gasteiger charge is 2.02. The van der Waals surface area contributed by atoms with E-state index in [0.29, 0.717) is 5.75 Å². The van der Waals surface area contributed by atoms with Crippen LogP contribution in [0.25, 0.3) is 11.1 Å². The van der Waals surface area contributed by atoms with Crippen LogP contribution in [-0.2, 0) is 4.79 Å². The standard InChI is InChI=1S/C21H17IN2O2/c22-19-10-6-16(7-11-19)14-23-24-21(25)15-26-20-12-8-18(9-13-20)17-4-2-1-3-5-17/h1-14H,15H2,(H,24,25). The number of rotatable bonds is 6. The average Bonchev–Trinajstić information content (AvgIpc) is 2.69. The second kappa shape index (κ2) is 9.15. The Morgan fingerprint density at radius 3 is 2.27 bits per heavy atom. The molecule has 1 N–H and O–H groups in total. The fourth-order valence-corrected chi connectivity index (χ4v) is 2.64. The van der Waals surface area contributed by atoms with Gasteiger partial charge >= 0.3 is 0 Å². The van der Waals surface area contributed by atoms with Crippen molar-refractivity contribution in [3.63, 3.8) is 0 Å². The van der Waals surface area contributed by atoms with Crippen LogP contribution in [0.15, 0.2) is 84.0 Å². The molecule has 4 nitrogen and oxygen atoms in total. The number of nitrogens with one attached hydrogen (secondary N) is 1. The second-order valence-electron chi connectivity index (χ2n) is 5.52. The Hall–Kier alpha value is -2.67. The molecule has 0 aliphatic heterocycles. The lowest BCUT2D eigenvalue weighted by molar-refractivity contribution is -0.123. The number of carbonyl (C=O) groups excluding carboxylic acids is 1. The minimum Gasteiger partial charge on any atom is -0.484 e. The highest BCUT2D eigenvalue weighted by atomic mass is 127. The summed E-state index contributed by atoms with van der Waals surface area (Å²) in [6.07, 6.45) is 1.60. The number of amides is 1. The van der Waals surface area contributed by atoms with E-state index in [1.807, 2.05) is 66.7 Å². The first-order valence-electron chi connectivity index (χ1n) is 8.06. The first kappa shape index (κ1) is 18.1. The molecule has 0 saturated heterocycles. The molecule has 0 saturated carbocycles. The lowest BCUT2D eigenvalue weighted by Gasteiger charge is -2.06. The van der Waals surface area contributed by atoms with Gasteiger partial charge in [-0.1, -0.05) is 54.6 Å². The maximum absolute atomic E-state index is 11.8. The molecule has 0 bridgehead atoms. The van der Waals surface area contributed by atoms with Crippen LogP contribution >= 0.6 is 22.6 Å². The van der Waals surface area contributed by atoms with Crippen molar-refractivity contribution in [1.82, 2.24) is 5.43 Å². The van der Waals surface area contributed by atoms with Gasteiger partial charge in [0.1, 0.15) is 5.75 Å². The summed E-state index contributed by atoms with van der Waals surface area (Å²) < 4.78 is 6.64. The van der Waals surface area contributed by atoms with Gasteiger partial charge in [0.25, 0.3) is 5.91 Å². The molecular formula is C21H17IN2O2. The molecule has 0 atom stereocenters. The SMILES string of the molecule is O=C(COc1ccc(-c2ccccc2)cc1)NN=Cc1ccc(I)cc1. The molecule has 26 heavy (non-hydrogen) atoms. The summed E-state index contributed by atoms with van der Waals surface area (Å²) >= 11 is 2.24. The number of nitrogens with zero attached hydrogens (tertiary/aromatic N) is 1. The third-order valence-corrected chi connectivity index (χ3v) is 4.32. The van der Waals surface area contributed by atoms with E-state index < -0.39 is 0 Å². The molecular weight excluding hydrogens is 439 g/mol. The van der Waals surface area contributed by atoms with Gasteiger partial charge in [-0.3, -0.25) is 4.79 Å². The number of hydrogen-bond acceptors (Lipinski definition) is 3. The summed E-state index contributed by atoms with van der Waals surface area (Å²) in [4.78, 5) is 11.8. The molecule has 0 spiro atoms. The van der Waals surface area contributed by atoms with E-state index >= 15 is 0 Å². The minimum absolute atomic E-state index is 0.0886. The van der Waals surface area contributed by atoms with E-state index in [-0.39, 0.29) is 12.5 Å². The number of ether oxygens (including phenoxy) is 1. The number of benzene rings is 3. The monoisotopic (exact) mass is 456 g/mol. The van der Waals surface area contributed by atoms with Gasteiger partial charge in [0.05, 0.1) is 6.21 Å². The van der Waals surface area contributed by atoms with Crippen molar-refractivity contribution < 1.29 is 9.53 Å². The lowest BCUT2D eigenvalue weighted by Crippen LogP contribution is -2.24. The van der Waals surface area contributed by atoms with E-state index in [9.17, 15) is 4.79 Å². The van der Waals surface area contributed by atoms with Crippen LogP contribution < -0.4 is 10.2 Å². The Bertz CT molecular complexity index is 876. The molecule has 0 fully saturated rings. The van der Waals surface area contributed by atoms with Crippen molar-refractivity contribution in [3.8, 4) is 16.9 Å².